The van der Waals surface area contributed by atoms with E-state index in [1.165, 1.54) is 12.1 Å². The molecule has 1 aliphatic rings. The molecule has 1 aromatic rings. The maximum atomic E-state index is 12.0. The number of hydrogen-bond donors (Lipinski definition) is 1. The Balaban J connectivity index is 1.95. The number of likely N-dealkylation sites (tertiary alicyclic amines) is 1. The van der Waals surface area contributed by atoms with Crippen LogP contribution < -0.4 is 4.74 Å². The Morgan fingerprint density at radius 3 is 2.35 bits per heavy atom. The van der Waals surface area contributed by atoms with Gasteiger partial charge < -0.3 is 9.84 Å². The van der Waals surface area contributed by atoms with E-state index in [1.807, 2.05) is 11.8 Å². The first-order valence-electron chi connectivity index (χ1n) is 6.09. The fraction of sp³-hybridized carbons (Fsp3) is 0.462. The lowest BCUT2D eigenvalue weighted by atomic mass is 9.95. The van der Waals surface area contributed by atoms with Crippen LogP contribution >= 0.6 is 0 Å². The Morgan fingerprint density at radius 1 is 1.35 bits per heavy atom. The van der Waals surface area contributed by atoms with Crippen molar-refractivity contribution in [2.45, 2.75) is 19.3 Å². The Hall–Kier alpha value is -1.76. The van der Waals surface area contributed by atoms with Crippen molar-refractivity contribution in [1.29, 1.82) is 0 Å². The number of carbonyl (C=O) groups is 1. The van der Waals surface area contributed by atoms with Crippen molar-refractivity contribution in [3.63, 3.8) is 0 Å². The van der Waals surface area contributed by atoms with Crippen LogP contribution in [0.2, 0.25) is 0 Å². The topological polar surface area (TPSA) is 49.8 Å². The number of carboxylic acid groups (broad SMARTS) is 1. The zero-order valence-electron chi connectivity index (χ0n) is 10.7. The lowest BCUT2D eigenvalue weighted by Gasteiger charge is -2.41. The van der Waals surface area contributed by atoms with Crippen molar-refractivity contribution in [1.82, 2.24) is 4.90 Å². The molecule has 0 aliphatic carbocycles. The summed E-state index contributed by atoms with van der Waals surface area (Å²) in [6.07, 6.45) is -4.70. The van der Waals surface area contributed by atoms with E-state index in [2.05, 4.69) is 4.74 Å². The van der Waals surface area contributed by atoms with Gasteiger partial charge in [0.2, 0.25) is 0 Å². The highest BCUT2D eigenvalue weighted by Gasteiger charge is 2.35. The van der Waals surface area contributed by atoms with Gasteiger partial charge in [-0.15, -0.1) is 13.2 Å². The molecule has 1 aliphatic heterocycles. The number of rotatable bonds is 4. The van der Waals surface area contributed by atoms with Crippen molar-refractivity contribution >= 4 is 5.97 Å². The number of benzene rings is 1. The van der Waals surface area contributed by atoms with Gasteiger partial charge in [0.1, 0.15) is 5.75 Å². The van der Waals surface area contributed by atoms with E-state index in [0.29, 0.717) is 13.1 Å². The van der Waals surface area contributed by atoms with E-state index in [0.717, 1.165) is 5.56 Å². The smallest absolute Gasteiger partial charge is 0.481 e. The number of hydrogen-bond acceptors (Lipinski definition) is 3. The molecule has 1 unspecified atom stereocenters. The SMILES string of the molecule is CC(c1ccc(OC(F)(F)F)cc1)N1CC(C(=O)O)C1. The molecule has 0 saturated carbocycles. The number of carboxylic acids is 1. The van der Waals surface area contributed by atoms with E-state index >= 15 is 0 Å². The second-order valence-corrected chi connectivity index (χ2v) is 4.78. The van der Waals surface area contributed by atoms with Gasteiger partial charge in [-0.05, 0) is 24.6 Å². The molecule has 0 bridgehead atoms. The van der Waals surface area contributed by atoms with Gasteiger partial charge in [-0.25, -0.2) is 0 Å². The van der Waals surface area contributed by atoms with Crippen molar-refractivity contribution in [2.75, 3.05) is 13.1 Å². The number of halogens is 3. The summed E-state index contributed by atoms with van der Waals surface area (Å²) < 4.78 is 39.9. The molecule has 2 rings (SSSR count). The highest BCUT2D eigenvalue weighted by atomic mass is 19.4. The largest absolute Gasteiger partial charge is 0.573 e. The van der Waals surface area contributed by atoms with E-state index in [-0.39, 0.29) is 17.7 Å². The number of nitrogens with zero attached hydrogens (tertiary/aromatic N) is 1. The van der Waals surface area contributed by atoms with Crippen LogP contribution in [0.5, 0.6) is 5.75 Å². The zero-order chi connectivity index (χ0) is 14.9. The van der Waals surface area contributed by atoms with Gasteiger partial charge in [0.05, 0.1) is 5.92 Å². The number of alkyl halides is 3. The normalized spacial score (nSPS) is 18.4. The van der Waals surface area contributed by atoms with E-state index in [1.54, 1.807) is 12.1 Å². The Kier molecular flexibility index (Phi) is 3.89. The highest BCUT2D eigenvalue weighted by Crippen LogP contribution is 2.30. The first-order valence-corrected chi connectivity index (χ1v) is 6.09. The van der Waals surface area contributed by atoms with Gasteiger partial charge in [0, 0.05) is 19.1 Å². The molecular formula is C13H14F3NO3. The second-order valence-electron chi connectivity index (χ2n) is 4.78. The third-order valence-electron chi connectivity index (χ3n) is 3.40. The van der Waals surface area contributed by atoms with E-state index in [4.69, 9.17) is 5.11 Å². The molecule has 20 heavy (non-hydrogen) atoms. The van der Waals surface area contributed by atoms with Gasteiger partial charge in [-0.2, -0.15) is 0 Å². The summed E-state index contributed by atoms with van der Waals surface area (Å²) in [6.45, 7) is 2.80. The fourth-order valence-electron chi connectivity index (χ4n) is 2.14. The lowest BCUT2D eigenvalue weighted by molar-refractivity contribution is -0.274. The molecule has 1 aromatic carbocycles. The van der Waals surface area contributed by atoms with Crippen molar-refractivity contribution < 1.29 is 27.8 Å². The van der Waals surface area contributed by atoms with Crippen molar-refractivity contribution in [3.8, 4) is 5.75 Å². The average molecular weight is 289 g/mol. The van der Waals surface area contributed by atoms with Gasteiger partial charge in [-0.1, -0.05) is 12.1 Å². The van der Waals surface area contributed by atoms with E-state index < -0.39 is 12.3 Å². The minimum absolute atomic E-state index is 0.0365. The van der Waals surface area contributed by atoms with Crippen LogP contribution in [0, 0.1) is 5.92 Å². The summed E-state index contributed by atoms with van der Waals surface area (Å²) in [4.78, 5) is 12.7. The molecule has 1 saturated heterocycles. The monoisotopic (exact) mass is 289 g/mol. The molecule has 0 aromatic heterocycles. The number of aliphatic carboxylic acids is 1. The van der Waals surface area contributed by atoms with Crippen LogP contribution in [0.4, 0.5) is 13.2 Å². The summed E-state index contributed by atoms with van der Waals surface area (Å²) in [7, 11) is 0. The van der Waals surface area contributed by atoms with Gasteiger partial charge in [0.25, 0.3) is 0 Å². The standard InChI is InChI=1S/C13H14F3NO3/c1-8(17-6-10(7-17)12(18)19)9-2-4-11(5-3-9)20-13(14,15)16/h2-5,8,10H,6-7H2,1H3,(H,18,19). The van der Waals surface area contributed by atoms with Gasteiger partial charge >= 0.3 is 12.3 Å². The van der Waals surface area contributed by atoms with Crippen LogP contribution in [0.1, 0.15) is 18.5 Å². The Labute approximate surface area is 113 Å². The molecule has 1 fully saturated rings. The van der Waals surface area contributed by atoms with Crippen LogP contribution in [0.25, 0.3) is 0 Å². The minimum Gasteiger partial charge on any atom is -0.481 e. The maximum absolute atomic E-state index is 12.0. The summed E-state index contributed by atoms with van der Waals surface area (Å²) in [5.74, 6) is -1.44. The van der Waals surface area contributed by atoms with Gasteiger partial charge in [0.15, 0.2) is 0 Å². The summed E-state index contributed by atoms with van der Waals surface area (Å²) in [6, 6.07) is 5.59. The van der Waals surface area contributed by atoms with Crippen molar-refractivity contribution in [2.24, 2.45) is 5.92 Å². The second kappa shape index (κ2) is 5.32. The molecular weight excluding hydrogens is 275 g/mol. The van der Waals surface area contributed by atoms with Crippen molar-refractivity contribution in [3.05, 3.63) is 29.8 Å². The zero-order valence-corrected chi connectivity index (χ0v) is 10.7. The highest BCUT2D eigenvalue weighted by molar-refractivity contribution is 5.71. The third kappa shape index (κ3) is 3.41. The van der Waals surface area contributed by atoms with E-state index in [9.17, 15) is 18.0 Å². The Morgan fingerprint density at radius 2 is 1.90 bits per heavy atom. The maximum Gasteiger partial charge on any atom is 0.573 e. The van der Waals surface area contributed by atoms with Crippen LogP contribution in [0.15, 0.2) is 24.3 Å². The molecule has 7 heteroatoms. The van der Waals surface area contributed by atoms with Crippen LogP contribution in [-0.4, -0.2) is 35.4 Å². The fourth-order valence-corrected chi connectivity index (χ4v) is 2.14. The third-order valence-corrected chi connectivity index (χ3v) is 3.40. The molecule has 0 amide bonds. The summed E-state index contributed by atoms with van der Waals surface area (Å²) in [5, 5.41) is 8.80. The molecule has 1 atom stereocenters. The molecule has 0 spiro atoms. The van der Waals surface area contributed by atoms with Crippen LogP contribution in [-0.2, 0) is 4.79 Å². The summed E-state index contributed by atoms with van der Waals surface area (Å²) in [5.41, 5.74) is 0.823. The predicted octanol–water partition coefficient (Wildman–Crippen LogP) is 2.66. The summed E-state index contributed by atoms with van der Waals surface area (Å²) >= 11 is 0. The molecule has 1 N–H and O–H groups in total. The average Bonchev–Trinajstić information content (AvgIpc) is 2.24. The molecule has 0 radical (unpaired) electrons. The predicted molar refractivity (Wildman–Crippen MR) is 64.2 cm³/mol. The minimum atomic E-state index is -4.70. The number of ether oxygens (including phenoxy) is 1. The molecule has 1 heterocycles. The van der Waals surface area contributed by atoms with Crippen LogP contribution in [0.3, 0.4) is 0 Å². The molecule has 4 nitrogen and oxygen atoms in total. The van der Waals surface area contributed by atoms with Gasteiger partial charge in [-0.3, -0.25) is 9.69 Å². The molecule has 110 valence electrons. The first-order chi connectivity index (χ1) is 9.26. The lowest BCUT2D eigenvalue weighted by Crippen LogP contribution is -2.51. The quantitative estimate of drug-likeness (QED) is 0.926. The Bertz CT molecular complexity index is 481. The first kappa shape index (κ1) is 14.6.